The minimum atomic E-state index is -1.02. The zero-order valence-corrected chi connectivity index (χ0v) is 55.7. The molecule has 1 spiro atoms. The highest BCUT2D eigenvalue weighted by molar-refractivity contribution is 7.71. The zero-order chi connectivity index (χ0) is 64.7. The molecule has 11 rings (SSSR count). The molecule has 12 bridgehead atoms. The van der Waals surface area contributed by atoms with E-state index in [-0.39, 0.29) is 129 Å². The number of aliphatic hydroxyl groups is 1. The van der Waals surface area contributed by atoms with E-state index in [2.05, 4.69) is 95.8 Å². The van der Waals surface area contributed by atoms with Gasteiger partial charge in [0.2, 0.25) is 23.6 Å². The van der Waals surface area contributed by atoms with E-state index in [1.54, 1.807) is 12.4 Å². The fourth-order valence-electron chi connectivity index (χ4n) is 16.1. The molecule has 4 amide bonds. The summed E-state index contributed by atoms with van der Waals surface area (Å²) in [4.78, 5) is 78.4. The number of hydrogen-bond donors (Lipinski definition) is 6. The molecule has 10 saturated heterocycles. The number of H-pyrrole nitrogens is 1. The number of fused-ring (bicyclic) bond motifs is 6. The molecule has 1 aromatic heterocycles. The van der Waals surface area contributed by atoms with Crippen LogP contribution in [-0.4, -0.2) is 191 Å². The van der Waals surface area contributed by atoms with Crippen LogP contribution in [0.3, 0.4) is 0 Å². The average molecular weight is 1290 g/mol. The molecule has 10 aliphatic heterocycles. The minimum Gasteiger partial charge on any atom is -0.391 e. The van der Waals surface area contributed by atoms with Crippen LogP contribution >= 0.6 is 12.2 Å². The predicted octanol–water partition coefficient (Wildman–Crippen LogP) is 6.93. The largest absolute Gasteiger partial charge is 0.391 e. The number of aromatic nitrogens is 2. The number of carbonyl (C=O) groups is 5. The van der Waals surface area contributed by atoms with Gasteiger partial charge >= 0.3 is 0 Å². The van der Waals surface area contributed by atoms with Crippen LogP contribution in [0, 0.1) is 40.3 Å². The molecule has 0 saturated carbocycles. The van der Waals surface area contributed by atoms with Gasteiger partial charge in [0.15, 0.2) is 10.6 Å². The number of hydrogen-bond acceptors (Lipinski definition) is 17. The lowest BCUT2D eigenvalue weighted by atomic mass is 9.77. The van der Waals surface area contributed by atoms with Gasteiger partial charge in [0.05, 0.1) is 73.1 Å². The van der Waals surface area contributed by atoms with Crippen LogP contribution in [0.4, 0.5) is 0 Å². The van der Waals surface area contributed by atoms with Crippen LogP contribution in [-0.2, 0) is 61.9 Å². The van der Waals surface area contributed by atoms with E-state index in [0.29, 0.717) is 74.5 Å². The molecule has 0 radical (unpaired) electrons. The summed E-state index contributed by atoms with van der Waals surface area (Å²) in [6.07, 6.45) is 9.96. The Labute approximate surface area is 543 Å². The Bertz CT molecular complexity index is 2860. The van der Waals surface area contributed by atoms with E-state index in [9.17, 15) is 29.1 Å². The van der Waals surface area contributed by atoms with Crippen molar-refractivity contribution in [3.05, 3.63) is 47.0 Å². The van der Waals surface area contributed by atoms with Crippen LogP contribution < -0.4 is 21.3 Å². The minimum absolute atomic E-state index is 0.0152. The number of aromatic amines is 1. The first-order chi connectivity index (χ1) is 43.6. The Kier molecular flexibility index (Phi) is 23.6. The Morgan fingerprint density at radius 1 is 0.835 bits per heavy atom. The smallest absolute Gasteiger partial charge is 0.243 e. The number of ether oxygens (including phenoxy) is 8. The quantitative estimate of drug-likeness (QED) is 0.0298. The summed E-state index contributed by atoms with van der Waals surface area (Å²) in [5.74, 6) is 2.98. The predicted molar refractivity (Wildman–Crippen MR) is 341 cm³/mol. The van der Waals surface area contributed by atoms with Crippen molar-refractivity contribution in [1.29, 1.82) is 0 Å². The molecular formula is C69H103N7O14S. The van der Waals surface area contributed by atoms with Crippen molar-refractivity contribution >= 4 is 41.6 Å². The number of unbranched alkanes of at least 4 members (excludes halogenated alkanes) is 2. The molecule has 91 heavy (non-hydrogen) atoms. The highest BCUT2D eigenvalue weighted by Gasteiger charge is 2.73. The highest BCUT2D eigenvalue weighted by Crippen LogP contribution is 2.58. The number of carbonyl (C=O) groups excluding carboxylic acids is 5. The summed E-state index contributed by atoms with van der Waals surface area (Å²) in [5, 5.41) is 23.0. The van der Waals surface area contributed by atoms with E-state index in [1.165, 1.54) is 0 Å². The second-order valence-corrected chi connectivity index (χ2v) is 28.4. The fraction of sp³-hybridized carbons (Fsp3) is 0.783. The summed E-state index contributed by atoms with van der Waals surface area (Å²) in [6, 6.07) is -1.89. The third-order valence-electron chi connectivity index (χ3n) is 21.2. The fourth-order valence-corrected chi connectivity index (χ4v) is 16.2. The lowest BCUT2D eigenvalue weighted by Crippen LogP contribution is -2.66. The van der Waals surface area contributed by atoms with E-state index >= 15 is 0 Å². The molecule has 21 atom stereocenters. The standard InChI is InChI=1S/C69H103N7O14S/c1-10-49-50-31-44(77)30-47-22-24-53-61(85-47)62-64-68(9,88-53)63-57(87-64)34-69(89-62,90-63)26-25-48-29-41(7)52(83-48)23-21-46-28-40(6)42(8)54(84-46)33-56(50)86-55(49)32-45(78)37-70-59(80)38-71-65(81)51(19-16-17-27-76(11-2)12-3)74-66(82)60(39(4)5)75-58(79)20-15-13-14-18-43-35-72-67(91)73-36-43/h35-36,39-40,45-57,60-64,78H,7-8,10-13,15-17,19-34,37-38H2,1-6,9H3,(H,70,80)(H,71,81)(H,74,82)(H,75,79)(H,72,73,91)/t40-,45+,46+,47-,48+,49-,50-,51+,52?,53+,54-,55-,56+,57?,60+,61+,62+,63+,64+,68+,69-/m1/s1. The van der Waals surface area contributed by atoms with Crippen LogP contribution in [0.15, 0.2) is 36.7 Å². The van der Waals surface area contributed by atoms with E-state index in [4.69, 9.17) is 50.1 Å². The molecular weight excluding hydrogens is 1180 g/mol. The maximum Gasteiger partial charge on any atom is 0.243 e. The van der Waals surface area contributed by atoms with Crippen LogP contribution in [0.1, 0.15) is 182 Å². The maximum atomic E-state index is 14.7. The van der Waals surface area contributed by atoms with Gasteiger partial charge in [0, 0.05) is 70.3 Å². The molecule has 22 heteroatoms. The first-order valence-corrected chi connectivity index (χ1v) is 34.8. The average Bonchev–Trinajstić information content (AvgIpc) is 1.53. The van der Waals surface area contributed by atoms with Crippen molar-refractivity contribution in [2.75, 3.05) is 32.7 Å². The molecule has 10 aliphatic rings. The van der Waals surface area contributed by atoms with Crippen LogP contribution in [0.5, 0.6) is 0 Å². The first-order valence-electron chi connectivity index (χ1n) is 34.4. The van der Waals surface area contributed by atoms with Crippen molar-refractivity contribution in [2.45, 2.75) is 286 Å². The van der Waals surface area contributed by atoms with Crippen molar-refractivity contribution in [3.8, 4) is 11.8 Å². The third-order valence-corrected chi connectivity index (χ3v) is 21.4. The molecule has 504 valence electrons. The number of nitrogens with one attached hydrogen (secondary N) is 5. The second-order valence-electron chi connectivity index (χ2n) is 28.0. The summed E-state index contributed by atoms with van der Waals surface area (Å²) >= 11 is 4.99. The first kappa shape index (κ1) is 69.3. The van der Waals surface area contributed by atoms with Gasteiger partial charge in [0.1, 0.15) is 47.9 Å². The summed E-state index contributed by atoms with van der Waals surface area (Å²) in [7, 11) is 0. The number of ketones is 1. The van der Waals surface area contributed by atoms with Crippen molar-refractivity contribution in [1.82, 2.24) is 36.1 Å². The molecule has 2 unspecified atom stereocenters. The summed E-state index contributed by atoms with van der Waals surface area (Å²) in [6.45, 7) is 25.4. The van der Waals surface area contributed by atoms with E-state index < -0.39 is 72.2 Å². The molecule has 10 fully saturated rings. The van der Waals surface area contributed by atoms with Crippen molar-refractivity contribution < 1.29 is 67.0 Å². The highest BCUT2D eigenvalue weighted by atomic mass is 32.1. The maximum absolute atomic E-state index is 14.7. The molecule has 11 heterocycles. The van der Waals surface area contributed by atoms with Crippen LogP contribution in [0.25, 0.3) is 0 Å². The van der Waals surface area contributed by atoms with Gasteiger partial charge in [-0.25, -0.2) is 4.98 Å². The zero-order valence-electron chi connectivity index (χ0n) is 54.9. The van der Waals surface area contributed by atoms with Crippen molar-refractivity contribution in [3.63, 3.8) is 0 Å². The SMILES string of the molecule is C=C1C[C@@H]2CC[C@@]34CC5O[C@H]6[C@@H](O3)[C@H]3O[C@H](CC[C@@H]3O[C@@]6(C)[C@H]5O4)CC(=O)C[C@@H]3[C@@H](CC)[C@@H](C[C@H](O)CNC(=O)CNC(=O)[C@H](CCCCN(CC)CC)NC(=O)[C@@H](NC(=O)CCCC#Cc4cnc(=S)[nH]c4)C(C)C)O[C@H]3C[C@H]3O[C@@H](CCC1O2)C[C@@H](C)C3=C. The summed E-state index contributed by atoms with van der Waals surface area (Å²) in [5.41, 5.74) is 2.10. The Hall–Kier alpha value is -4.51. The van der Waals surface area contributed by atoms with E-state index in [1.807, 2.05) is 13.8 Å². The van der Waals surface area contributed by atoms with Gasteiger partial charge in [-0.2, -0.15) is 0 Å². The lowest BCUT2D eigenvalue weighted by molar-refractivity contribution is -0.301. The summed E-state index contributed by atoms with van der Waals surface area (Å²) < 4.78 is 55.9. The van der Waals surface area contributed by atoms with Gasteiger partial charge in [-0.1, -0.05) is 73.0 Å². The number of nitrogens with zero attached hydrogens (tertiary/aromatic N) is 2. The van der Waals surface area contributed by atoms with Gasteiger partial charge in [-0.15, -0.1) is 0 Å². The third kappa shape index (κ3) is 16.8. The molecule has 1 aromatic rings. The second kappa shape index (κ2) is 30.9. The normalized spacial score (nSPS) is 36.2. The van der Waals surface area contributed by atoms with Gasteiger partial charge in [0.25, 0.3) is 0 Å². The van der Waals surface area contributed by atoms with Crippen LogP contribution in [0.2, 0.25) is 0 Å². The van der Waals surface area contributed by atoms with E-state index in [0.717, 1.165) is 69.3 Å². The monoisotopic (exact) mass is 1290 g/mol. The Morgan fingerprint density at radius 2 is 1.62 bits per heavy atom. The van der Waals surface area contributed by atoms with Gasteiger partial charge in [-0.05, 0) is 144 Å². The number of amides is 4. The molecule has 0 aromatic carbocycles. The molecule has 6 N–H and O–H groups in total. The lowest BCUT2D eigenvalue weighted by Gasteiger charge is -2.51. The molecule has 0 aliphatic carbocycles. The van der Waals surface area contributed by atoms with Gasteiger partial charge < -0.3 is 74.2 Å². The van der Waals surface area contributed by atoms with Crippen molar-refractivity contribution in [2.24, 2.45) is 23.7 Å². The number of aliphatic hydroxyl groups excluding tert-OH is 1. The van der Waals surface area contributed by atoms with Gasteiger partial charge in [-0.3, -0.25) is 24.0 Å². The topological polar surface area (TPSA) is 259 Å². The Morgan fingerprint density at radius 3 is 2.37 bits per heavy atom. The number of Topliss-reactive ketones (excluding diaryl/α,β-unsaturated/α-hetero) is 1. The Balaban J connectivity index is 0.764. The molecule has 21 nitrogen and oxygen atoms in total. The number of rotatable bonds is 22.